The van der Waals surface area contributed by atoms with Crippen LogP contribution in [-0.2, 0) is 9.47 Å². The van der Waals surface area contributed by atoms with Crippen LogP contribution in [0.25, 0.3) is 0 Å². The number of benzene rings is 1. The molecule has 4 heteroatoms. The zero-order chi connectivity index (χ0) is 9.97. The number of hydrogen-bond donors (Lipinski definition) is 0. The van der Waals surface area contributed by atoms with Crippen LogP contribution < -0.4 is 0 Å². The molecule has 2 nitrogen and oxygen atoms in total. The van der Waals surface area contributed by atoms with Gasteiger partial charge in [0.05, 0.1) is 0 Å². The third kappa shape index (κ3) is 1.91. The van der Waals surface area contributed by atoms with Crippen LogP contribution in [0, 0.1) is 0 Å². The number of ether oxygens (including phenoxy) is 2. The minimum absolute atomic E-state index is 0.442. The Morgan fingerprint density at radius 3 is 1.93 bits per heavy atom. The second-order valence-corrected chi connectivity index (χ2v) is 3.59. The lowest BCUT2D eigenvalue weighted by atomic mass is 10.1. The Hall–Kier alpha value is -1.00. The number of fused-ring (bicyclic) bond motifs is 2. The molecule has 1 aromatic rings. The van der Waals surface area contributed by atoms with E-state index >= 15 is 0 Å². The van der Waals surface area contributed by atoms with Crippen molar-refractivity contribution in [2.24, 2.45) is 0 Å². The molecule has 0 radical (unpaired) electrons. The van der Waals surface area contributed by atoms with Gasteiger partial charge in [-0.2, -0.15) is 0 Å². The van der Waals surface area contributed by atoms with Gasteiger partial charge in [-0.3, -0.25) is 0 Å². The molecule has 72 valence electrons. The fourth-order valence-corrected chi connectivity index (χ4v) is 1.63. The van der Waals surface area contributed by atoms with Crippen LogP contribution in [0.2, 0.25) is 0 Å². The topological polar surface area (TPSA) is 18.5 Å². The fraction of sp³-hybridized carbons (Fsp3) is 0.200. The summed E-state index contributed by atoms with van der Waals surface area (Å²) in [5.74, 6) is 0. The summed E-state index contributed by atoms with van der Waals surface area (Å²) >= 11 is 10.2. The molecule has 0 aliphatic carbocycles. The second-order valence-electron chi connectivity index (χ2n) is 2.85. The molecule has 0 fully saturated rings. The van der Waals surface area contributed by atoms with E-state index in [-0.39, 0.29) is 0 Å². The second kappa shape index (κ2) is 4.02. The summed E-state index contributed by atoms with van der Waals surface area (Å²) < 4.78 is 10.6. The summed E-state index contributed by atoms with van der Waals surface area (Å²) in [5.41, 5.74) is 1.76. The van der Waals surface area contributed by atoms with Gasteiger partial charge in [-0.1, -0.05) is 18.2 Å². The van der Waals surface area contributed by atoms with Crippen molar-refractivity contribution >= 4 is 34.5 Å². The number of thiocarbonyl (C=S) groups is 2. The predicted molar refractivity (Wildman–Crippen MR) is 61.7 cm³/mol. The van der Waals surface area contributed by atoms with Crippen molar-refractivity contribution < 1.29 is 9.47 Å². The maximum absolute atomic E-state index is 5.30. The van der Waals surface area contributed by atoms with Crippen molar-refractivity contribution in [2.45, 2.75) is 0 Å². The Labute approximate surface area is 92.8 Å². The number of hydrogen-bond acceptors (Lipinski definition) is 4. The fourth-order valence-electron chi connectivity index (χ4n) is 1.21. The third-order valence-electron chi connectivity index (χ3n) is 1.88. The molecule has 0 atom stereocenters. The Morgan fingerprint density at radius 2 is 1.43 bits per heavy atom. The number of rotatable bonds is 0. The maximum atomic E-state index is 5.30. The largest absolute Gasteiger partial charge is 0.479 e. The minimum Gasteiger partial charge on any atom is -0.479 e. The van der Waals surface area contributed by atoms with E-state index < -0.39 is 0 Å². The molecule has 0 spiro atoms. The van der Waals surface area contributed by atoms with Crippen LogP contribution in [0.5, 0.6) is 0 Å². The van der Waals surface area contributed by atoms with E-state index in [2.05, 4.69) is 0 Å². The normalized spacial score (nSPS) is 16.0. The molecule has 0 saturated heterocycles. The average molecular weight is 224 g/mol. The lowest BCUT2D eigenvalue weighted by Crippen LogP contribution is -2.09. The first-order valence-electron chi connectivity index (χ1n) is 4.22. The Balaban J connectivity index is 2.43. The Bertz CT molecular complexity index is 354. The summed E-state index contributed by atoms with van der Waals surface area (Å²) in [6, 6.07) is 7.58. The minimum atomic E-state index is 0.442. The SMILES string of the molecule is S=C1OCCOC(=S)c2cccc1c2. The first kappa shape index (κ1) is 9.55. The van der Waals surface area contributed by atoms with Gasteiger partial charge in [0.25, 0.3) is 0 Å². The van der Waals surface area contributed by atoms with Gasteiger partial charge in [-0.15, -0.1) is 0 Å². The molecule has 0 unspecified atom stereocenters. The highest BCUT2D eigenvalue weighted by molar-refractivity contribution is 7.80. The van der Waals surface area contributed by atoms with Crippen LogP contribution in [0.3, 0.4) is 0 Å². The molecule has 1 aromatic carbocycles. The monoisotopic (exact) mass is 224 g/mol. The molecule has 2 rings (SSSR count). The first-order chi connectivity index (χ1) is 6.77. The van der Waals surface area contributed by atoms with Gasteiger partial charge in [0, 0.05) is 11.1 Å². The Morgan fingerprint density at radius 1 is 0.929 bits per heavy atom. The maximum Gasteiger partial charge on any atom is 0.191 e. The summed E-state index contributed by atoms with van der Waals surface area (Å²) in [6.07, 6.45) is 0. The molecular formula is C10H8O2S2. The van der Waals surface area contributed by atoms with E-state index in [1.165, 1.54) is 0 Å². The molecule has 0 N–H and O–H groups in total. The summed E-state index contributed by atoms with van der Waals surface area (Å²) in [5, 5.41) is 1.00. The van der Waals surface area contributed by atoms with Gasteiger partial charge < -0.3 is 9.47 Å². The van der Waals surface area contributed by atoms with Crippen molar-refractivity contribution in [3.05, 3.63) is 35.4 Å². The molecule has 14 heavy (non-hydrogen) atoms. The van der Waals surface area contributed by atoms with Gasteiger partial charge in [0.2, 0.25) is 0 Å². The van der Waals surface area contributed by atoms with Crippen LogP contribution in [0.4, 0.5) is 0 Å². The Kier molecular flexibility index (Phi) is 2.74. The highest BCUT2D eigenvalue weighted by Gasteiger charge is 2.10. The molecule has 1 aliphatic heterocycles. The van der Waals surface area contributed by atoms with Crippen molar-refractivity contribution in [1.82, 2.24) is 0 Å². The smallest absolute Gasteiger partial charge is 0.191 e. The van der Waals surface area contributed by atoms with Crippen molar-refractivity contribution in [3.8, 4) is 0 Å². The molecule has 0 saturated carbocycles. The van der Waals surface area contributed by atoms with Gasteiger partial charge >= 0.3 is 0 Å². The van der Waals surface area contributed by atoms with Gasteiger partial charge in [-0.05, 0) is 30.5 Å². The predicted octanol–water partition coefficient (Wildman–Crippen LogP) is 2.08. The summed E-state index contributed by atoms with van der Waals surface area (Å²) in [4.78, 5) is 0. The van der Waals surface area contributed by atoms with E-state index in [0.29, 0.717) is 23.3 Å². The lowest BCUT2D eigenvalue weighted by Gasteiger charge is -2.04. The third-order valence-corrected chi connectivity index (χ3v) is 2.59. The molecule has 1 heterocycles. The molecular weight excluding hydrogens is 216 g/mol. The zero-order valence-electron chi connectivity index (χ0n) is 7.36. The lowest BCUT2D eigenvalue weighted by molar-refractivity contribution is 0.210. The van der Waals surface area contributed by atoms with Gasteiger partial charge in [0.15, 0.2) is 10.1 Å². The molecule has 0 amide bonds. The van der Waals surface area contributed by atoms with Crippen molar-refractivity contribution in [1.29, 1.82) is 0 Å². The van der Waals surface area contributed by atoms with Crippen molar-refractivity contribution in [2.75, 3.05) is 13.2 Å². The summed E-state index contributed by atoms with van der Waals surface area (Å²) in [6.45, 7) is 0.884. The quantitative estimate of drug-likeness (QED) is 0.628. The highest BCUT2D eigenvalue weighted by Crippen LogP contribution is 2.11. The molecule has 1 aliphatic rings. The highest BCUT2D eigenvalue weighted by atomic mass is 32.1. The van der Waals surface area contributed by atoms with Crippen molar-refractivity contribution in [3.63, 3.8) is 0 Å². The zero-order valence-corrected chi connectivity index (χ0v) is 8.99. The summed E-state index contributed by atoms with van der Waals surface area (Å²) in [7, 11) is 0. The van der Waals surface area contributed by atoms with Crippen LogP contribution in [0.1, 0.15) is 11.1 Å². The van der Waals surface area contributed by atoms with E-state index in [1.807, 2.05) is 24.3 Å². The first-order valence-corrected chi connectivity index (χ1v) is 5.03. The van der Waals surface area contributed by atoms with E-state index in [9.17, 15) is 0 Å². The molecule has 2 bridgehead atoms. The standard InChI is InChI=1S/C10H8O2S2/c13-9-7-2-1-3-8(6-7)10(14)12-5-4-11-9/h1-3,6H,4-5H2. The van der Waals surface area contributed by atoms with Crippen LogP contribution in [-0.4, -0.2) is 23.3 Å². The average Bonchev–Trinajstić information content (AvgIpc) is 2.26. The van der Waals surface area contributed by atoms with Gasteiger partial charge in [0.1, 0.15) is 13.2 Å². The van der Waals surface area contributed by atoms with E-state index in [4.69, 9.17) is 33.9 Å². The van der Waals surface area contributed by atoms with E-state index in [0.717, 1.165) is 11.1 Å². The van der Waals surface area contributed by atoms with Crippen LogP contribution in [0.15, 0.2) is 24.3 Å². The molecule has 0 aromatic heterocycles. The van der Waals surface area contributed by atoms with Crippen LogP contribution >= 0.6 is 24.4 Å². The van der Waals surface area contributed by atoms with Gasteiger partial charge in [-0.25, -0.2) is 0 Å². The van der Waals surface area contributed by atoms with E-state index in [1.54, 1.807) is 0 Å².